The topological polar surface area (TPSA) is 54.9 Å². The summed E-state index contributed by atoms with van der Waals surface area (Å²) in [5.41, 5.74) is 3.60. The third-order valence-electron chi connectivity index (χ3n) is 3.41. The van der Waals surface area contributed by atoms with Gasteiger partial charge >= 0.3 is 0 Å². The first-order chi connectivity index (χ1) is 11.1. The van der Waals surface area contributed by atoms with E-state index in [4.69, 9.17) is 0 Å². The van der Waals surface area contributed by atoms with Crippen LogP contribution in [0.15, 0.2) is 41.0 Å². The minimum atomic E-state index is -0.00527. The second-order valence-electron chi connectivity index (χ2n) is 5.21. The Morgan fingerprint density at radius 1 is 1.26 bits per heavy atom. The maximum Gasteiger partial charge on any atom is 0.216 e. The van der Waals surface area contributed by atoms with Gasteiger partial charge in [-0.25, -0.2) is 9.97 Å². The van der Waals surface area contributed by atoms with Gasteiger partial charge < -0.3 is 5.32 Å². The van der Waals surface area contributed by atoms with E-state index in [1.54, 1.807) is 29.4 Å². The average Bonchev–Trinajstić information content (AvgIpc) is 2.97. The molecule has 0 aliphatic rings. The lowest BCUT2D eigenvalue weighted by atomic mass is 10.1. The highest BCUT2D eigenvalue weighted by Gasteiger charge is 2.13. The largest absolute Gasteiger partial charge is 0.356 e. The van der Waals surface area contributed by atoms with Crippen molar-refractivity contribution in [3.05, 3.63) is 41.5 Å². The molecule has 0 aliphatic carbocycles. The van der Waals surface area contributed by atoms with Crippen LogP contribution in [-0.4, -0.2) is 28.2 Å². The fourth-order valence-corrected chi connectivity index (χ4v) is 4.13. The predicted octanol–water partition coefficient (Wildman–Crippen LogP) is 3.89. The molecular formula is C17H17N3OS2. The molecule has 4 nitrogen and oxygen atoms in total. The van der Waals surface area contributed by atoms with Crippen LogP contribution < -0.4 is 5.32 Å². The van der Waals surface area contributed by atoms with Gasteiger partial charge in [0.25, 0.3) is 0 Å². The number of hydrogen-bond donors (Lipinski definition) is 1. The number of thioether (sulfide) groups is 1. The number of thiophene rings is 1. The van der Waals surface area contributed by atoms with Gasteiger partial charge in [-0.2, -0.15) is 0 Å². The van der Waals surface area contributed by atoms with Crippen LogP contribution in [-0.2, 0) is 4.79 Å². The van der Waals surface area contributed by atoms with Crippen molar-refractivity contribution in [3.63, 3.8) is 0 Å². The minimum absolute atomic E-state index is 0.00527. The van der Waals surface area contributed by atoms with Crippen LogP contribution in [0.5, 0.6) is 0 Å². The lowest BCUT2D eigenvalue weighted by Gasteiger charge is -2.06. The Labute approximate surface area is 143 Å². The van der Waals surface area contributed by atoms with Crippen molar-refractivity contribution in [1.29, 1.82) is 0 Å². The zero-order valence-corrected chi connectivity index (χ0v) is 14.6. The SMILES string of the molecule is CC(=O)NCCSc1ncnc2scc(-c3ccc(C)cc3)c12. The fraction of sp³-hybridized carbons (Fsp3) is 0.235. The molecule has 3 aromatic rings. The Balaban J connectivity index is 1.91. The third kappa shape index (κ3) is 3.71. The summed E-state index contributed by atoms with van der Waals surface area (Å²) in [5.74, 6) is 0.781. The van der Waals surface area contributed by atoms with E-state index >= 15 is 0 Å². The molecule has 23 heavy (non-hydrogen) atoms. The summed E-state index contributed by atoms with van der Waals surface area (Å²) in [4.78, 5) is 20.8. The summed E-state index contributed by atoms with van der Waals surface area (Å²) in [6.07, 6.45) is 1.61. The van der Waals surface area contributed by atoms with Crippen LogP contribution in [0.25, 0.3) is 21.3 Å². The summed E-state index contributed by atoms with van der Waals surface area (Å²) < 4.78 is 0. The van der Waals surface area contributed by atoms with Gasteiger partial charge in [0, 0.05) is 30.2 Å². The highest BCUT2D eigenvalue weighted by Crippen LogP contribution is 2.37. The molecule has 0 bridgehead atoms. The van der Waals surface area contributed by atoms with Gasteiger partial charge in [0.1, 0.15) is 16.2 Å². The molecule has 0 spiro atoms. The van der Waals surface area contributed by atoms with Crippen LogP contribution in [0, 0.1) is 6.92 Å². The number of carbonyl (C=O) groups excluding carboxylic acids is 1. The number of nitrogens with zero attached hydrogens (tertiary/aromatic N) is 2. The molecule has 0 radical (unpaired) electrons. The normalized spacial score (nSPS) is 10.9. The first-order valence-electron chi connectivity index (χ1n) is 7.31. The number of nitrogens with one attached hydrogen (secondary N) is 1. The van der Waals surface area contributed by atoms with Crippen molar-refractivity contribution in [2.24, 2.45) is 0 Å². The quantitative estimate of drug-likeness (QED) is 0.434. The van der Waals surface area contributed by atoms with E-state index in [1.165, 1.54) is 23.6 Å². The Hall–Kier alpha value is -1.92. The van der Waals surface area contributed by atoms with Crippen LogP contribution in [0.1, 0.15) is 12.5 Å². The molecule has 1 N–H and O–H groups in total. The summed E-state index contributed by atoms with van der Waals surface area (Å²) >= 11 is 3.29. The first kappa shape index (κ1) is 16.0. The smallest absolute Gasteiger partial charge is 0.216 e. The molecule has 118 valence electrons. The maximum atomic E-state index is 10.9. The molecule has 3 rings (SSSR count). The zero-order chi connectivity index (χ0) is 16.2. The van der Waals surface area contributed by atoms with Gasteiger partial charge in [0.2, 0.25) is 5.91 Å². The van der Waals surface area contributed by atoms with Crippen molar-refractivity contribution in [2.45, 2.75) is 18.9 Å². The molecule has 2 heterocycles. The van der Waals surface area contributed by atoms with Crippen LogP contribution in [0.3, 0.4) is 0 Å². The lowest BCUT2D eigenvalue weighted by Crippen LogP contribution is -2.22. The van der Waals surface area contributed by atoms with Crippen molar-refractivity contribution in [2.75, 3.05) is 12.3 Å². The number of benzene rings is 1. The molecule has 0 fully saturated rings. The van der Waals surface area contributed by atoms with Gasteiger partial charge in [-0.1, -0.05) is 29.8 Å². The molecule has 2 aromatic heterocycles. The van der Waals surface area contributed by atoms with Gasteiger partial charge in [0.05, 0.1) is 5.39 Å². The van der Waals surface area contributed by atoms with E-state index in [1.807, 2.05) is 0 Å². The number of carbonyl (C=O) groups is 1. The lowest BCUT2D eigenvalue weighted by molar-refractivity contribution is -0.118. The van der Waals surface area contributed by atoms with Crippen molar-refractivity contribution < 1.29 is 4.79 Å². The fourth-order valence-electron chi connectivity index (χ4n) is 2.28. The van der Waals surface area contributed by atoms with Crippen molar-refractivity contribution >= 4 is 39.2 Å². The number of aryl methyl sites for hydroxylation is 1. The molecule has 0 unspecified atom stereocenters. The zero-order valence-electron chi connectivity index (χ0n) is 13.0. The number of fused-ring (bicyclic) bond motifs is 1. The number of hydrogen-bond acceptors (Lipinski definition) is 5. The van der Waals surface area contributed by atoms with Gasteiger partial charge in [-0.05, 0) is 12.5 Å². The summed E-state index contributed by atoms with van der Waals surface area (Å²) in [6, 6.07) is 8.50. The summed E-state index contributed by atoms with van der Waals surface area (Å²) in [6.45, 7) is 4.25. The average molecular weight is 343 g/mol. The number of rotatable bonds is 5. The molecule has 0 aliphatic heterocycles. The van der Waals surface area contributed by atoms with E-state index in [-0.39, 0.29) is 5.91 Å². The highest BCUT2D eigenvalue weighted by molar-refractivity contribution is 7.99. The second-order valence-corrected chi connectivity index (χ2v) is 7.15. The molecule has 1 amide bonds. The Kier molecular flexibility index (Phi) is 4.93. The predicted molar refractivity (Wildman–Crippen MR) is 97.0 cm³/mol. The van der Waals surface area contributed by atoms with Gasteiger partial charge in [-0.3, -0.25) is 4.79 Å². The van der Waals surface area contributed by atoms with Crippen LogP contribution in [0.2, 0.25) is 0 Å². The molecule has 1 aromatic carbocycles. The monoisotopic (exact) mass is 343 g/mol. The van der Waals surface area contributed by atoms with E-state index in [9.17, 15) is 4.79 Å². The number of amides is 1. The van der Waals surface area contributed by atoms with Gasteiger partial charge in [0.15, 0.2) is 0 Å². The highest BCUT2D eigenvalue weighted by atomic mass is 32.2. The first-order valence-corrected chi connectivity index (χ1v) is 9.18. The van der Waals surface area contributed by atoms with Crippen LogP contribution >= 0.6 is 23.1 Å². The van der Waals surface area contributed by atoms with E-state index in [0.717, 1.165) is 21.0 Å². The molecule has 0 saturated carbocycles. The minimum Gasteiger partial charge on any atom is -0.356 e. The molecular weight excluding hydrogens is 326 g/mol. The van der Waals surface area contributed by atoms with Crippen LogP contribution in [0.4, 0.5) is 0 Å². The van der Waals surface area contributed by atoms with Crippen molar-refractivity contribution in [3.8, 4) is 11.1 Å². The third-order valence-corrected chi connectivity index (χ3v) is 5.29. The maximum absolute atomic E-state index is 10.9. The number of aromatic nitrogens is 2. The summed E-state index contributed by atoms with van der Waals surface area (Å²) in [7, 11) is 0. The Bertz CT molecular complexity index is 827. The Morgan fingerprint density at radius 3 is 2.78 bits per heavy atom. The standard InChI is InChI=1S/C17H17N3OS2/c1-11-3-5-13(6-4-11)14-9-23-17-15(14)16(19-10-20-17)22-8-7-18-12(2)21/h3-6,9-10H,7-8H2,1-2H3,(H,18,21). The van der Waals surface area contributed by atoms with E-state index < -0.39 is 0 Å². The molecule has 0 atom stereocenters. The Morgan fingerprint density at radius 2 is 2.04 bits per heavy atom. The summed E-state index contributed by atoms with van der Waals surface area (Å²) in [5, 5.41) is 7.03. The second kappa shape index (κ2) is 7.10. The molecule has 0 saturated heterocycles. The van der Waals surface area contributed by atoms with E-state index in [0.29, 0.717) is 6.54 Å². The molecule has 6 heteroatoms. The van der Waals surface area contributed by atoms with E-state index in [2.05, 4.69) is 51.9 Å². The van der Waals surface area contributed by atoms with Gasteiger partial charge in [-0.15, -0.1) is 23.1 Å². The van der Waals surface area contributed by atoms with Crippen molar-refractivity contribution in [1.82, 2.24) is 15.3 Å².